The van der Waals surface area contributed by atoms with Crippen molar-refractivity contribution in [1.29, 1.82) is 0 Å². The van der Waals surface area contributed by atoms with Crippen LogP contribution in [0.3, 0.4) is 0 Å². The number of amides is 1. The van der Waals surface area contributed by atoms with E-state index in [1.807, 2.05) is 0 Å². The van der Waals surface area contributed by atoms with Crippen molar-refractivity contribution in [2.24, 2.45) is 5.41 Å². The summed E-state index contributed by atoms with van der Waals surface area (Å²) in [5.74, 6) is -0.382. The molecule has 1 aliphatic rings. The zero-order valence-electron chi connectivity index (χ0n) is 11.7. The van der Waals surface area contributed by atoms with Crippen molar-refractivity contribution < 1.29 is 9.18 Å². The molecule has 2 N–H and O–H groups in total. The van der Waals surface area contributed by atoms with Crippen LogP contribution in [0.2, 0.25) is 0 Å². The molecular weight excluding hydrogens is 243 g/mol. The number of carbonyl (C=O) groups is 1. The molecule has 0 radical (unpaired) electrons. The fourth-order valence-corrected chi connectivity index (χ4v) is 2.61. The van der Waals surface area contributed by atoms with Crippen LogP contribution in [-0.2, 0) is 4.79 Å². The van der Waals surface area contributed by atoms with Gasteiger partial charge in [-0.2, -0.15) is 0 Å². The molecule has 19 heavy (non-hydrogen) atoms. The number of hydrogen-bond acceptors (Lipinski definition) is 2. The number of nitrogens with one attached hydrogen (secondary N) is 2. The van der Waals surface area contributed by atoms with E-state index in [2.05, 4.69) is 24.5 Å². The third-order valence-corrected chi connectivity index (χ3v) is 3.92. The largest absolute Gasteiger partial charge is 0.324 e. The van der Waals surface area contributed by atoms with Crippen LogP contribution >= 0.6 is 0 Å². The molecule has 0 aliphatic carbocycles. The summed E-state index contributed by atoms with van der Waals surface area (Å²) in [5, 5.41) is 6.09. The first kappa shape index (κ1) is 14.0. The fraction of sp³-hybridized carbons (Fsp3) is 0.533. The van der Waals surface area contributed by atoms with Crippen LogP contribution in [0.25, 0.3) is 0 Å². The van der Waals surface area contributed by atoms with Gasteiger partial charge in [0.2, 0.25) is 5.91 Å². The van der Waals surface area contributed by atoms with Crippen LogP contribution in [-0.4, -0.2) is 18.5 Å². The van der Waals surface area contributed by atoms with Gasteiger partial charge in [0.15, 0.2) is 0 Å². The standard InChI is InChI=1S/C15H21FN2O/c1-10-11(16)6-4-7-12(10)18-14(19)13-15(2,3)8-5-9-17-13/h4,6-7,13,17H,5,8-9H2,1-3H3,(H,18,19). The minimum Gasteiger partial charge on any atom is -0.324 e. The fourth-order valence-electron chi connectivity index (χ4n) is 2.61. The highest BCUT2D eigenvalue weighted by molar-refractivity contribution is 5.96. The van der Waals surface area contributed by atoms with Crippen LogP contribution in [0, 0.1) is 18.2 Å². The number of benzene rings is 1. The van der Waals surface area contributed by atoms with Gasteiger partial charge >= 0.3 is 0 Å². The molecule has 2 rings (SSSR count). The lowest BCUT2D eigenvalue weighted by Crippen LogP contribution is -2.53. The van der Waals surface area contributed by atoms with E-state index in [-0.39, 0.29) is 23.2 Å². The van der Waals surface area contributed by atoms with Gasteiger partial charge < -0.3 is 10.6 Å². The normalized spacial score (nSPS) is 22.0. The zero-order chi connectivity index (χ0) is 14.0. The van der Waals surface area contributed by atoms with E-state index in [1.54, 1.807) is 19.1 Å². The number of rotatable bonds is 2. The van der Waals surface area contributed by atoms with Crippen molar-refractivity contribution in [2.45, 2.75) is 39.7 Å². The molecule has 0 bridgehead atoms. The topological polar surface area (TPSA) is 41.1 Å². The lowest BCUT2D eigenvalue weighted by Gasteiger charge is -2.38. The number of carbonyl (C=O) groups excluding carboxylic acids is 1. The first-order valence-corrected chi connectivity index (χ1v) is 6.71. The van der Waals surface area contributed by atoms with Gasteiger partial charge in [-0.25, -0.2) is 4.39 Å². The van der Waals surface area contributed by atoms with Gasteiger partial charge in [-0.3, -0.25) is 4.79 Å². The minimum atomic E-state index is -0.298. The SMILES string of the molecule is Cc1c(F)cccc1NC(=O)C1NCCCC1(C)C. The second-order valence-electron chi connectivity index (χ2n) is 5.88. The van der Waals surface area contributed by atoms with Gasteiger partial charge in [0.25, 0.3) is 0 Å². The number of piperidine rings is 1. The molecule has 3 nitrogen and oxygen atoms in total. The van der Waals surface area contributed by atoms with Gasteiger partial charge in [0.05, 0.1) is 6.04 Å². The highest BCUT2D eigenvalue weighted by atomic mass is 19.1. The second kappa shape index (κ2) is 5.29. The minimum absolute atomic E-state index is 0.0798. The molecule has 1 fully saturated rings. The maximum Gasteiger partial charge on any atom is 0.242 e. The van der Waals surface area contributed by atoms with Gasteiger partial charge in [-0.15, -0.1) is 0 Å². The summed E-state index contributed by atoms with van der Waals surface area (Å²) in [6.07, 6.45) is 2.09. The van der Waals surface area contributed by atoms with Crippen LogP contribution in [0.15, 0.2) is 18.2 Å². The Morgan fingerprint density at radius 2 is 2.21 bits per heavy atom. The Bertz CT molecular complexity index is 485. The first-order chi connectivity index (χ1) is 8.92. The third kappa shape index (κ3) is 2.95. The molecule has 1 amide bonds. The van der Waals surface area contributed by atoms with E-state index < -0.39 is 0 Å². The molecule has 1 heterocycles. The molecule has 1 aromatic rings. The van der Waals surface area contributed by atoms with Gasteiger partial charge in [-0.1, -0.05) is 19.9 Å². The van der Waals surface area contributed by atoms with Crippen LogP contribution < -0.4 is 10.6 Å². The van der Waals surface area contributed by atoms with Crippen molar-refractivity contribution in [3.8, 4) is 0 Å². The van der Waals surface area contributed by atoms with Crippen molar-refractivity contribution in [3.63, 3.8) is 0 Å². The Hall–Kier alpha value is -1.42. The highest BCUT2D eigenvalue weighted by Gasteiger charge is 2.37. The average Bonchev–Trinajstić information content (AvgIpc) is 2.34. The van der Waals surface area contributed by atoms with E-state index in [9.17, 15) is 9.18 Å². The van der Waals surface area contributed by atoms with Crippen molar-refractivity contribution >= 4 is 11.6 Å². The quantitative estimate of drug-likeness (QED) is 0.862. The molecule has 0 aromatic heterocycles. The maximum atomic E-state index is 13.5. The zero-order valence-corrected chi connectivity index (χ0v) is 11.7. The highest BCUT2D eigenvalue weighted by Crippen LogP contribution is 2.31. The predicted molar refractivity (Wildman–Crippen MR) is 74.6 cm³/mol. The van der Waals surface area contributed by atoms with Gasteiger partial charge in [-0.05, 0) is 43.9 Å². The monoisotopic (exact) mass is 264 g/mol. The molecule has 1 unspecified atom stereocenters. The van der Waals surface area contributed by atoms with E-state index >= 15 is 0 Å². The van der Waals surface area contributed by atoms with E-state index in [1.165, 1.54) is 6.07 Å². The Labute approximate surface area is 113 Å². The number of anilines is 1. The van der Waals surface area contributed by atoms with Crippen LogP contribution in [0.5, 0.6) is 0 Å². The average molecular weight is 264 g/mol. The molecule has 0 spiro atoms. The molecule has 4 heteroatoms. The van der Waals surface area contributed by atoms with Crippen molar-refractivity contribution in [3.05, 3.63) is 29.6 Å². The van der Waals surface area contributed by atoms with Crippen LogP contribution in [0.4, 0.5) is 10.1 Å². The summed E-state index contributed by atoms with van der Waals surface area (Å²) in [4.78, 5) is 12.4. The predicted octanol–water partition coefficient (Wildman–Crippen LogP) is 2.85. The summed E-state index contributed by atoms with van der Waals surface area (Å²) in [6.45, 7) is 6.69. The smallest absolute Gasteiger partial charge is 0.242 e. The molecule has 1 atom stereocenters. The van der Waals surface area contributed by atoms with E-state index in [0.29, 0.717) is 11.3 Å². The summed E-state index contributed by atoms with van der Waals surface area (Å²) in [6, 6.07) is 4.50. The summed E-state index contributed by atoms with van der Waals surface area (Å²) >= 11 is 0. The Balaban J connectivity index is 2.14. The summed E-state index contributed by atoms with van der Waals surface area (Å²) < 4.78 is 13.5. The summed E-state index contributed by atoms with van der Waals surface area (Å²) in [5.41, 5.74) is 0.946. The molecular formula is C15H21FN2O. The Kier molecular flexibility index (Phi) is 3.90. The Morgan fingerprint density at radius 3 is 2.89 bits per heavy atom. The first-order valence-electron chi connectivity index (χ1n) is 6.71. The number of hydrogen-bond donors (Lipinski definition) is 2. The third-order valence-electron chi connectivity index (χ3n) is 3.92. The number of halogens is 1. The van der Waals surface area contributed by atoms with Gasteiger partial charge in [0, 0.05) is 11.3 Å². The molecule has 1 aromatic carbocycles. The Morgan fingerprint density at radius 1 is 1.47 bits per heavy atom. The second-order valence-corrected chi connectivity index (χ2v) is 5.88. The van der Waals surface area contributed by atoms with Crippen molar-refractivity contribution in [1.82, 2.24) is 5.32 Å². The lowest BCUT2D eigenvalue weighted by molar-refractivity contribution is -0.121. The van der Waals surface area contributed by atoms with Gasteiger partial charge in [0.1, 0.15) is 5.82 Å². The molecule has 1 aliphatic heterocycles. The molecule has 1 saturated heterocycles. The van der Waals surface area contributed by atoms with E-state index in [0.717, 1.165) is 19.4 Å². The van der Waals surface area contributed by atoms with E-state index in [4.69, 9.17) is 0 Å². The maximum absolute atomic E-state index is 13.5. The molecule has 104 valence electrons. The summed E-state index contributed by atoms with van der Waals surface area (Å²) in [7, 11) is 0. The molecule has 0 saturated carbocycles. The van der Waals surface area contributed by atoms with Crippen molar-refractivity contribution in [2.75, 3.05) is 11.9 Å². The lowest BCUT2D eigenvalue weighted by atomic mass is 9.77. The van der Waals surface area contributed by atoms with Crippen LogP contribution in [0.1, 0.15) is 32.3 Å².